The van der Waals surface area contributed by atoms with E-state index < -0.39 is 0 Å². The van der Waals surface area contributed by atoms with Crippen molar-refractivity contribution in [3.8, 4) is 11.3 Å². The highest BCUT2D eigenvalue weighted by Crippen LogP contribution is 2.33. The van der Waals surface area contributed by atoms with Gasteiger partial charge in [0.25, 0.3) is 0 Å². The van der Waals surface area contributed by atoms with Crippen molar-refractivity contribution in [3.05, 3.63) is 71.2 Å². The van der Waals surface area contributed by atoms with Crippen LogP contribution in [0.5, 0.6) is 0 Å². The molecule has 0 atom stereocenters. The van der Waals surface area contributed by atoms with Gasteiger partial charge in [0.05, 0.1) is 11.4 Å². The molecule has 1 aromatic carbocycles. The molecule has 7 nitrogen and oxygen atoms in total. The molecule has 2 aliphatic rings. The largest absolute Gasteiger partial charge is 0.343 e. The summed E-state index contributed by atoms with van der Waals surface area (Å²) in [6.07, 6.45) is 9.99. The van der Waals surface area contributed by atoms with Gasteiger partial charge in [-0.05, 0) is 87.0 Å². The molecule has 0 aliphatic carbocycles. The maximum Gasteiger partial charge on any atom is 0.223 e. The molecule has 2 aliphatic heterocycles. The highest BCUT2D eigenvalue weighted by Gasteiger charge is 2.23. The highest BCUT2D eigenvalue weighted by atomic mass is 32.1. The van der Waals surface area contributed by atoms with Crippen LogP contribution < -0.4 is 4.90 Å². The minimum absolute atomic E-state index is 0.251. The summed E-state index contributed by atoms with van der Waals surface area (Å²) >= 11 is 1.57. The fraction of sp³-hybridized carbons (Fsp3) is 0.469. The molecule has 218 valence electrons. The number of rotatable bonds is 8. The van der Waals surface area contributed by atoms with Gasteiger partial charge in [-0.25, -0.2) is 9.37 Å². The summed E-state index contributed by atoms with van der Waals surface area (Å²) in [7, 11) is 4.12. The quantitative estimate of drug-likeness (QED) is 0.314. The first-order chi connectivity index (χ1) is 19.9. The summed E-state index contributed by atoms with van der Waals surface area (Å²) in [4.78, 5) is 28.8. The van der Waals surface area contributed by atoms with Crippen LogP contribution in [0.2, 0.25) is 0 Å². The number of nitrogens with zero attached hydrogens (tertiary/aromatic N) is 6. The van der Waals surface area contributed by atoms with Crippen molar-refractivity contribution >= 4 is 28.2 Å². The van der Waals surface area contributed by atoms with Gasteiger partial charge in [0.15, 0.2) is 5.13 Å². The minimum Gasteiger partial charge on any atom is -0.343 e. The molecule has 0 N–H and O–H groups in total. The zero-order valence-electron chi connectivity index (χ0n) is 24.4. The number of carbonyl (C=O) groups is 1. The Morgan fingerprint density at radius 3 is 2.54 bits per heavy atom. The predicted molar refractivity (Wildman–Crippen MR) is 165 cm³/mol. The first-order valence-electron chi connectivity index (χ1n) is 14.8. The number of hydrogen-bond donors (Lipinski definition) is 0. The van der Waals surface area contributed by atoms with Crippen molar-refractivity contribution < 1.29 is 9.18 Å². The Labute approximate surface area is 247 Å². The van der Waals surface area contributed by atoms with Crippen molar-refractivity contribution in [1.82, 2.24) is 24.3 Å². The number of thiazole rings is 1. The van der Waals surface area contributed by atoms with E-state index in [2.05, 4.69) is 46.7 Å². The molecular weight excluding hydrogens is 535 g/mol. The second kappa shape index (κ2) is 13.6. The number of aryl methyl sites for hydroxylation is 2. The molecule has 0 unspecified atom stereocenters. The number of piperidine rings is 1. The number of carbonyl (C=O) groups excluding carboxylic acids is 1. The number of amides is 1. The van der Waals surface area contributed by atoms with Gasteiger partial charge in [-0.3, -0.25) is 9.78 Å². The SMILES string of the molecule is CCc1ncccc(C2CCN(CCC(=O)N3CCCC3)CC2)cn(C)c1N(C)c1nc(-c2ccc(F)cc2)cs1. The van der Waals surface area contributed by atoms with Crippen molar-refractivity contribution in [2.45, 2.75) is 51.4 Å². The van der Waals surface area contributed by atoms with E-state index in [-0.39, 0.29) is 5.82 Å². The van der Waals surface area contributed by atoms with Crippen LogP contribution in [-0.2, 0) is 18.3 Å². The van der Waals surface area contributed by atoms with E-state index in [9.17, 15) is 9.18 Å². The third-order valence-corrected chi connectivity index (χ3v) is 9.19. The summed E-state index contributed by atoms with van der Waals surface area (Å²) in [5.41, 5.74) is 4.00. The number of benzene rings is 1. The molecule has 1 amide bonds. The van der Waals surface area contributed by atoms with Gasteiger partial charge >= 0.3 is 0 Å². The predicted octanol–water partition coefficient (Wildman–Crippen LogP) is 6.33. The Hall–Kier alpha value is -3.30. The maximum absolute atomic E-state index is 13.4. The van der Waals surface area contributed by atoms with Crippen molar-refractivity contribution in [3.63, 3.8) is 0 Å². The van der Waals surface area contributed by atoms with Crippen LogP contribution in [0.4, 0.5) is 15.3 Å². The molecule has 0 spiro atoms. The van der Waals surface area contributed by atoms with E-state index in [1.807, 2.05) is 23.5 Å². The summed E-state index contributed by atoms with van der Waals surface area (Å²) in [6.45, 7) is 6.86. The zero-order chi connectivity index (χ0) is 28.8. The van der Waals surface area contributed by atoms with E-state index in [1.165, 1.54) is 17.7 Å². The average Bonchev–Trinajstić information content (AvgIpc) is 3.71. The molecule has 3 aromatic rings. The number of anilines is 2. The topological polar surface area (TPSA) is 57.5 Å². The molecule has 5 rings (SSSR count). The molecule has 2 saturated heterocycles. The lowest BCUT2D eigenvalue weighted by molar-refractivity contribution is -0.130. The van der Waals surface area contributed by atoms with Gasteiger partial charge in [-0.2, -0.15) is 0 Å². The monoisotopic (exact) mass is 576 g/mol. The smallest absolute Gasteiger partial charge is 0.223 e. The van der Waals surface area contributed by atoms with E-state index in [1.54, 1.807) is 23.5 Å². The third kappa shape index (κ3) is 7.13. The van der Waals surface area contributed by atoms with Gasteiger partial charge in [0, 0.05) is 63.5 Å². The average molecular weight is 577 g/mol. The lowest BCUT2D eigenvalue weighted by atomic mass is 9.90. The molecule has 0 saturated carbocycles. The van der Waals surface area contributed by atoms with Crippen LogP contribution in [-0.4, -0.2) is 70.0 Å². The Bertz CT molecular complexity index is 1370. The lowest BCUT2D eigenvalue weighted by Crippen LogP contribution is -2.37. The summed E-state index contributed by atoms with van der Waals surface area (Å²) in [5, 5.41) is 2.87. The van der Waals surface area contributed by atoms with E-state index in [0.717, 1.165) is 92.7 Å². The van der Waals surface area contributed by atoms with Crippen LogP contribution in [0.1, 0.15) is 56.2 Å². The Balaban J connectivity index is 1.33. The van der Waals surface area contributed by atoms with Crippen LogP contribution in [0, 0.1) is 5.82 Å². The van der Waals surface area contributed by atoms with Gasteiger partial charge in [0.2, 0.25) is 5.91 Å². The molecule has 2 aromatic heterocycles. The van der Waals surface area contributed by atoms with Crippen molar-refractivity contribution in [1.29, 1.82) is 0 Å². The second-order valence-electron chi connectivity index (χ2n) is 11.0. The first-order valence-corrected chi connectivity index (χ1v) is 15.6. The fourth-order valence-electron chi connectivity index (χ4n) is 5.93. The van der Waals surface area contributed by atoms with Gasteiger partial charge in [0.1, 0.15) is 11.6 Å². The molecule has 41 heavy (non-hydrogen) atoms. The molecule has 0 radical (unpaired) electrons. The fourth-order valence-corrected chi connectivity index (χ4v) is 6.73. The van der Waals surface area contributed by atoms with Gasteiger partial charge < -0.3 is 19.3 Å². The summed E-state index contributed by atoms with van der Waals surface area (Å²) in [6, 6.07) is 10.7. The second-order valence-corrected chi connectivity index (χ2v) is 11.9. The van der Waals surface area contributed by atoms with Crippen LogP contribution in [0.3, 0.4) is 0 Å². The number of aromatic nitrogens is 3. The molecular formula is C32H41FN6OS. The molecule has 0 bridgehead atoms. The maximum atomic E-state index is 13.4. The minimum atomic E-state index is -0.251. The number of hydrogen-bond acceptors (Lipinski definition) is 6. The first kappa shape index (κ1) is 29.2. The Morgan fingerprint density at radius 1 is 1.10 bits per heavy atom. The molecule has 9 heteroatoms. The molecule has 4 heterocycles. The Morgan fingerprint density at radius 2 is 1.83 bits per heavy atom. The number of halogens is 1. The van der Waals surface area contributed by atoms with Gasteiger partial charge in [-0.15, -0.1) is 11.3 Å². The van der Waals surface area contributed by atoms with Gasteiger partial charge in [-0.1, -0.05) is 13.0 Å². The lowest BCUT2D eigenvalue weighted by Gasteiger charge is -2.32. The third-order valence-electron chi connectivity index (χ3n) is 8.27. The van der Waals surface area contributed by atoms with E-state index in [0.29, 0.717) is 18.2 Å². The highest BCUT2D eigenvalue weighted by molar-refractivity contribution is 7.14. The van der Waals surface area contributed by atoms with E-state index >= 15 is 0 Å². The van der Waals surface area contributed by atoms with Crippen LogP contribution in [0.25, 0.3) is 11.3 Å². The van der Waals surface area contributed by atoms with E-state index in [4.69, 9.17) is 9.97 Å². The van der Waals surface area contributed by atoms with Crippen LogP contribution in [0.15, 0.2) is 54.2 Å². The normalized spacial score (nSPS) is 16.1. The summed E-state index contributed by atoms with van der Waals surface area (Å²) < 4.78 is 15.6. The standard InChI is InChI=1S/C32H41FN6OS/c1-4-28-31(37(3)32-35-29(23-41-32)25-9-11-27(33)12-10-25)36(2)22-26(8-7-16-34-28)24-13-19-38(20-14-24)21-15-30(40)39-17-5-6-18-39/h7-12,16,22-24H,4-6,13-15,17-21H2,1-3H3. The van der Waals surface area contributed by atoms with Crippen molar-refractivity contribution in [2.24, 2.45) is 7.05 Å². The summed E-state index contributed by atoms with van der Waals surface area (Å²) in [5.74, 6) is 1.50. The number of likely N-dealkylation sites (tertiary alicyclic amines) is 2. The van der Waals surface area contributed by atoms with Crippen molar-refractivity contribution in [2.75, 3.05) is 44.7 Å². The zero-order valence-corrected chi connectivity index (χ0v) is 25.2. The van der Waals surface area contributed by atoms with Crippen LogP contribution >= 0.6 is 11.3 Å². The Kier molecular flexibility index (Phi) is 9.67. The molecule has 2 fully saturated rings.